The Morgan fingerprint density at radius 1 is 1.47 bits per heavy atom. The van der Waals surface area contributed by atoms with Gasteiger partial charge in [-0.3, -0.25) is 10.1 Å². The average molecular weight is 258 g/mol. The standard InChI is InChI=1S/C14H18N4O/c1-3-6-18-9-11(8-17-18)19-13-5-4-10(2)7-12(13)14(15)16/h4-5,7-9H,3,6H2,1-2H3,(H3,15,16). The van der Waals surface area contributed by atoms with E-state index in [2.05, 4.69) is 12.0 Å². The number of aromatic nitrogens is 2. The van der Waals surface area contributed by atoms with Crippen LogP contribution in [-0.4, -0.2) is 15.6 Å². The molecule has 19 heavy (non-hydrogen) atoms. The van der Waals surface area contributed by atoms with E-state index in [1.165, 1.54) is 0 Å². The molecule has 0 atom stereocenters. The zero-order valence-electron chi connectivity index (χ0n) is 11.2. The number of hydrogen-bond donors (Lipinski definition) is 2. The van der Waals surface area contributed by atoms with E-state index < -0.39 is 0 Å². The van der Waals surface area contributed by atoms with Crippen LogP contribution in [0.1, 0.15) is 24.5 Å². The van der Waals surface area contributed by atoms with Crippen LogP contribution in [0.4, 0.5) is 0 Å². The number of nitrogen functional groups attached to an aromatic ring is 1. The van der Waals surface area contributed by atoms with Crippen molar-refractivity contribution in [1.82, 2.24) is 9.78 Å². The summed E-state index contributed by atoms with van der Waals surface area (Å²) in [5.41, 5.74) is 7.21. The van der Waals surface area contributed by atoms with Gasteiger partial charge in [0.1, 0.15) is 11.6 Å². The molecule has 0 spiro atoms. The maximum absolute atomic E-state index is 7.59. The molecule has 0 amide bonds. The van der Waals surface area contributed by atoms with Crippen molar-refractivity contribution in [3.63, 3.8) is 0 Å². The second-order valence-corrected chi connectivity index (χ2v) is 4.45. The molecule has 0 fully saturated rings. The Morgan fingerprint density at radius 3 is 2.95 bits per heavy atom. The van der Waals surface area contributed by atoms with Gasteiger partial charge >= 0.3 is 0 Å². The molecule has 1 aromatic carbocycles. The van der Waals surface area contributed by atoms with E-state index in [1.54, 1.807) is 6.20 Å². The van der Waals surface area contributed by atoms with Crippen LogP contribution in [-0.2, 0) is 6.54 Å². The monoisotopic (exact) mass is 258 g/mol. The van der Waals surface area contributed by atoms with Crippen LogP contribution in [0.2, 0.25) is 0 Å². The molecule has 2 aromatic rings. The molecule has 0 saturated heterocycles. The van der Waals surface area contributed by atoms with E-state index in [9.17, 15) is 0 Å². The normalized spacial score (nSPS) is 10.4. The lowest BCUT2D eigenvalue weighted by atomic mass is 10.1. The van der Waals surface area contributed by atoms with Crippen molar-refractivity contribution in [2.75, 3.05) is 0 Å². The predicted molar refractivity (Wildman–Crippen MR) is 74.8 cm³/mol. The fraction of sp³-hybridized carbons (Fsp3) is 0.286. The molecule has 5 heteroatoms. The predicted octanol–water partition coefficient (Wildman–Crippen LogP) is 2.68. The van der Waals surface area contributed by atoms with Crippen molar-refractivity contribution in [2.24, 2.45) is 5.73 Å². The lowest BCUT2D eigenvalue weighted by molar-refractivity contribution is 0.479. The molecule has 1 aromatic heterocycles. The number of nitrogens with zero attached hydrogens (tertiary/aromatic N) is 2. The topological polar surface area (TPSA) is 76.9 Å². The second kappa shape index (κ2) is 5.56. The number of aryl methyl sites for hydroxylation is 2. The van der Waals surface area contributed by atoms with Gasteiger partial charge in [-0.2, -0.15) is 5.10 Å². The molecule has 0 radical (unpaired) electrons. The highest BCUT2D eigenvalue weighted by atomic mass is 16.5. The first-order chi connectivity index (χ1) is 9.10. The van der Waals surface area contributed by atoms with Crippen LogP contribution >= 0.6 is 0 Å². The molecular weight excluding hydrogens is 240 g/mol. The van der Waals surface area contributed by atoms with Crippen molar-refractivity contribution in [3.8, 4) is 11.5 Å². The maximum atomic E-state index is 7.59. The van der Waals surface area contributed by atoms with Gasteiger partial charge in [-0.1, -0.05) is 18.6 Å². The SMILES string of the molecule is CCCn1cc(Oc2ccc(C)cc2C(=N)N)cn1. The van der Waals surface area contributed by atoms with Gasteiger partial charge in [-0.15, -0.1) is 0 Å². The molecule has 0 aliphatic rings. The van der Waals surface area contributed by atoms with Crippen molar-refractivity contribution in [2.45, 2.75) is 26.8 Å². The van der Waals surface area contributed by atoms with Crippen LogP contribution in [0.5, 0.6) is 11.5 Å². The molecule has 0 unspecified atom stereocenters. The third-order valence-corrected chi connectivity index (χ3v) is 2.72. The van der Waals surface area contributed by atoms with E-state index in [4.69, 9.17) is 15.9 Å². The first-order valence-corrected chi connectivity index (χ1v) is 6.25. The van der Waals surface area contributed by atoms with Crippen LogP contribution in [0, 0.1) is 12.3 Å². The summed E-state index contributed by atoms with van der Waals surface area (Å²) in [6.07, 6.45) is 4.52. The molecule has 0 aliphatic heterocycles. The molecule has 0 bridgehead atoms. The summed E-state index contributed by atoms with van der Waals surface area (Å²) in [6.45, 7) is 4.91. The van der Waals surface area contributed by atoms with Gasteiger partial charge in [-0.25, -0.2) is 0 Å². The lowest BCUT2D eigenvalue weighted by Gasteiger charge is -2.09. The van der Waals surface area contributed by atoms with E-state index in [1.807, 2.05) is 36.0 Å². The molecular formula is C14H18N4O. The minimum Gasteiger partial charge on any atom is -0.453 e. The summed E-state index contributed by atoms with van der Waals surface area (Å²) in [5, 5.41) is 11.8. The Kier molecular flexibility index (Phi) is 3.85. The first-order valence-electron chi connectivity index (χ1n) is 6.25. The van der Waals surface area contributed by atoms with E-state index in [-0.39, 0.29) is 5.84 Å². The quantitative estimate of drug-likeness (QED) is 0.639. The van der Waals surface area contributed by atoms with E-state index >= 15 is 0 Å². The third kappa shape index (κ3) is 3.13. The van der Waals surface area contributed by atoms with Gasteiger partial charge in [0.25, 0.3) is 0 Å². The Labute approximate surface area is 112 Å². The number of hydrogen-bond acceptors (Lipinski definition) is 3. The van der Waals surface area contributed by atoms with Crippen molar-refractivity contribution in [3.05, 3.63) is 41.7 Å². The molecule has 0 saturated carbocycles. The molecule has 5 nitrogen and oxygen atoms in total. The van der Waals surface area contributed by atoms with Crippen LogP contribution in [0.3, 0.4) is 0 Å². The molecule has 2 rings (SSSR count). The number of benzene rings is 1. The van der Waals surface area contributed by atoms with E-state index in [0.29, 0.717) is 17.1 Å². The summed E-state index contributed by atoms with van der Waals surface area (Å²) in [4.78, 5) is 0. The first kappa shape index (κ1) is 13.1. The van der Waals surface area contributed by atoms with Gasteiger partial charge < -0.3 is 10.5 Å². The Hall–Kier alpha value is -2.30. The number of ether oxygens (including phenoxy) is 1. The summed E-state index contributed by atoms with van der Waals surface area (Å²) < 4.78 is 7.58. The average Bonchev–Trinajstić information content (AvgIpc) is 2.79. The lowest BCUT2D eigenvalue weighted by Crippen LogP contribution is -2.12. The third-order valence-electron chi connectivity index (χ3n) is 2.72. The van der Waals surface area contributed by atoms with Crippen molar-refractivity contribution >= 4 is 5.84 Å². The number of nitrogens with one attached hydrogen (secondary N) is 1. The maximum Gasteiger partial charge on any atom is 0.165 e. The Bertz CT molecular complexity index is 589. The number of amidine groups is 1. The van der Waals surface area contributed by atoms with E-state index in [0.717, 1.165) is 18.5 Å². The van der Waals surface area contributed by atoms with Gasteiger partial charge in [0.2, 0.25) is 0 Å². The number of nitrogens with two attached hydrogens (primary N) is 1. The fourth-order valence-corrected chi connectivity index (χ4v) is 1.82. The molecule has 0 aliphatic carbocycles. The molecule has 100 valence electrons. The zero-order valence-corrected chi connectivity index (χ0v) is 11.2. The minimum atomic E-state index is -0.000324. The summed E-state index contributed by atoms with van der Waals surface area (Å²) in [6, 6.07) is 5.59. The summed E-state index contributed by atoms with van der Waals surface area (Å²) in [7, 11) is 0. The van der Waals surface area contributed by atoms with Gasteiger partial charge in [0, 0.05) is 6.54 Å². The highest BCUT2D eigenvalue weighted by Gasteiger charge is 2.09. The van der Waals surface area contributed by atoms with Crippen molar-refractivity contribution < 1.29 is 4.74 Å². The highest BCUT2D eigenvalue weighted by Crippen LogP contribution is 2.25. The zero-order chi connectivity index (χ0) is 13.8. The summed E-state index contributed by atoms with van der Waals surface area (Å²) >= 11 is 0. The van der Waals surface area contributed by atoms with Gasteiger partial charge in [-0.05, 0) is 25.5 Å². The van der Waals surface area contributed by atoms with Gasteiger partial charge in [0.15, 0.2) is 5.75 Å². The highest BCUT2D eigenvalue weighted by molar-refractivity contribution is 5.97. The van der Waals surface area contributed by atoms with Crippen molar-refractivity contribution in [1.29, 1.82) is 5.41 Å². The van der Waals surface area contributed by atoms with Gasteiger partial charge in [0.05, 0.1) is 18.0 Å². The summed E-state index contributed by atoms with van der Waals surface area (Å²) in [5.74, 6) is 1.23. The second-order valence-electron chi connectivity index (χ2n) is 4.45. The van der Waals surface area contributed by atoms with Crippen LogP contribution in [0.15, 0.2) is 30.6 Å². The van der Waals surface area contributed by atoms with Crippen LogP contribution in [0.25, 0.3) is 0 Å². The molecule has 3 N–H and O–H groups in total. The number of rotatable bonds is 5. The smallest absolute Gasteiger partial charge is 0.165 e. The molecule has 1 heterocycles. The van der Waals surface area contributed by atoms with Crippen LogP contribution < -0.4 is 10.5 Å². The largest absolute Gasteiger partial charge is 0.453 e. The Morgan fingerprint density at radius 2 is 2.26 bits per heavy atom. The fourth-order valence-electron chi connectivity index (χ4n) is 1.82. The minimum absolute atomic E-state index is 0.000324. The Balaban J connectivity index is 2.24.